The van der Waals surface area contributed by atoms with Crippen molar-refractivity contribution in [2.24, 2.45) is 0 Å². The minimum atomic E-state index is -3.04. The van der Waals surface area contributed by atoms with Crippen molar-refractivity contribution >= 4 is 36.7 Å². The summed E-state index contributed by atoms with van der Waals surface area (Å²) >= 11 is 4.54. The predicted octanol–water partition coefficient (Wildman–Crippen LogP) is 7.82. The van der Waals surface area contributed by atoms with Crippen LogP contribution in [0, 0.1) is 0 Å². The number of ether oxygens (including phenoxy) is 1. The fraction of sp³-hybridized carbons (Fsp3) is 0.0323. The molecule has 0 spiro atoms. The number of hydrogen-bond donors (Lipinski definition) is 0. The topological polar surface area (TPSA) is 9.23 Å². The molecule has 0 atom stereocenters. The van der Waals surface area contributed by atoms with Crippen molar-refractivity contribution in [1.82, 2.24) is 0 Å². The van der Waals surface area contributed by atoms with Crippen LogP contribution in [0.3, 0.4) is 0 Å². The quantitative estimate of drug-likeness (QED) is 0.197. The van der Waals surface area contributed by atoms with Crippen LogP contribution < -0.4 is 20.7 Å². The van der Waals surface area contributed by atoms with E-state index in [2.05, 4.69) is 125 Å². The van der Waals surface area contributed by atoms with Crippen LogP contribution in [0.2, 0.25) is 0 Å². The summed E-state index contributed by atoms with van der Waals surface area (Å²) in [4.78, 5) is 0. The molecule has 0 fully saturated rings. The minimum absolute atomic E-state index is 0.829. The fourth-order valence-electron chi connectivity index (χ4n) is 4.61. The molecule has 34 heavy (non-hydrogen) atoms. The Bertz CT molecular complexity index is 1260. The van der Waals surface area contributed by atoms with Gasteiger partial charge >= 0.3 is 210 Å². The van der Waals surface area contributed by atoms with E-state index in [0.29, 0.717) is 0 Å². The first-order valence-corrected chi connectivity index (χ1v) is 15.8. The van der Waals surface area contributed by atoms with Crippen molar-refractivity contribution in [2.45, 2.75) is 6.16 Å². The van der Waals surface area contributed by atoms with Crippen LogP contribution in [-0.2, 0) is 6.16 Å². The average molecular weight is 525 g/mol. The molecule has 0 radical (unpaired) electrons. The van der Waals surface area contributed by atoms with Crippen molar-refractivity contribution in [3.05, 3.63) is 151 Å². The third-order valence-electron chi connectivity index (χ3n) is 6.24. The third kappa shape index (κ3) is 4.20. The molecule has 0 heterocycles. The normalized spacial score (nSPS) is 12.4. The number of para-hydroxylation sites is 1. The maximum atomic E-state index is 6.18. The van der Waals surface area contributed by atoms with Gasteiger partial charge in [-0.15, -0.1) is 0 Å². The molecule has 0 unspecified atom stereocenters. The van der Waals surface area contributed by atoms with Gasteiger partial charge < -0.3 is 0 Å². The van der Waals surface area contributed by atoms with Crippen molar-refractivity contribution in [3.8, 4) is 11.5 Å². The van der Waals surface area contributed by atoms with Crippen LogP contribution in [0.1, 0.15) is 5.56 Å². The standard InChI is InChI=1S/C31H26BrOP/c32-34(29-18-7-2-8-19-29,30-20-9-3-10-21-30,31-22-11-4-12-23-31)25-26-14-13-17-28(24-26)33-27-15-5-1-6-16-27/h1-24H,25H2. The third-order valence-corrected chi connectivity index (χ3v) is 15.8. The van der Waals surface area contributed by atoms with Gasteiger partial charge in [-0.2, -0.15) is 0 Å². The van der Waals surface area contributed by atoms with E-state index < -0.39 is 5.31 Å². The second kappa shape index (κ2) is 9.58. The Morgan fingerprint density at radius 1 is 0.471 bits per heavy atom. The van der Waals surface area contributed by atoms with Gasteiger partial charge in [0.15, 0.2) is 0 Å². The van der Waals surface area contributed by atoms with E-state index in [1.165, 1.54) is 21.5 Å². The molecule has 5 aromatic carbocycles. The van der Waals surface area contributed by atoms with Gasteiger partial charge in [-0.3, -0.25) is 0 Å². The van der Waals surface area contributed by atoms with E-state index in [1.807, 2.05) is 36.4 Å². The molecule has 0 bridgehead atoms. The van der Waals surface area contributed by atoms with Crippen molar-refractivity contribution in [1.29, 1.82) is 0 Å². The average Bonchev–Trinajstić information content (AvgIpc) is 2.91. The van der Waals surface area contributed by atoms with Gasteiger partial charge in [0.2, 0.25) is 0 Å². The Morgan fingerprint density at radius 3 is 1.35 bits per heavy atom. The molecule has 0 N–H and O–H groups in total. The number of hydrogen-bond acceptors (Lipinski definition) is 1. The molecule has 1 nitrogen and oxygen atoms in total. The SMILES string of the molecule is BrP(Cc1cccc(Oc2ccccc2)c1)(c1ccccc1)(c1ccccc1)c1ccccc1. The number of halogens is 1. The monoisotopic (exact) mass is 524 g/mol. The van der Waals surface area contributed by atoms with Gasteiger partial charge in [-0.1, -0.05) is 0 Å². The molecule has 0 saturated heterocycles. The van der Waals surface area contributed by atoms with Gasteiger partial charge in [0, 0.05) is 0 Å². The molecule has 0 aliphatic rings. The van der Waals surface area contributed by atoms with Crippen LogP contribution in [0.25, 0.3) is 0 Å². The Hall–Kier alpha value is -3.19. The molecule has 5 aromatic rings. The van der Waals surface area contributed by atoms with Crippen LogP contribution in [0.4, 0.5) is 0 Å². The molecular formula is C31H26BrOP. The Labute approximate surface area is 209 Å². The zero-order valence-corrected chi connectivity index (χ0v) is 21.3. The number of benzene rings is 5. The summed E-state index contributed by atoms with van der Waals surface area (Å²) in [6.07, 6.45) is 0.829. The first-order chi connectivity index (χ1) is 16.7. The summed E-state index contributed by atoms with van der Waals surface area (Å²) in [7, 11) is 0. The van der Waals surface area contributed by atoms with Gasteiger partial charge in [0.25, 0.3) is 0 Å². The number of rotatable bonds is 7. The molecule has 0 aromatic heterocycles. The van der Waals surface area contributed by atoms with Crippen molar-refractivity contribution < 1.29 is 4.74 Å². The van der Waals surface area contributed by atoms with Crippen LogP contribution in [0.5, 0.6) is 11.5 Å². The molecule has 0 aliphatic carbocycles. The summed E-state index contributed by atoms with van der Waals surface area (Å²) < 4.78 is 6.18. The van der Waals surface area contributed by atoms with E-state index >= 15 is 0 Å². The Morgan fingerprint density at radius 2 is 0.882 bits per heavy atom. The Balaban J connectivity index is 1.70. The van der Waals surface area contributed by atoms with Crippen LogP contribution in [-0.4, -0.2) is 0 Å². The summed E-state index contributed by atoms with van der Waals surface area (Å²) in [5, 5.41) is 0.875. The second-order valence-corrected chi connectivity index (χ2v) is 17.3. The zero-order valence-electron chi connectivity index (χ0n) is 18.8. The molecule has 5 rings (SSSR count). The summed E-state index contributed by atoms with van der Waals surface area (Å²) in [6, 6.07) is 51.1. The summed E-state index contributed by atoms with van der Waals surface area (Å²) in [5.74, 6) is 1.68. The first-order valence-electron chi connectivity index (χ1n) is 11.4. The summed E-state index contributed by atoms with van der Waals surface area (Å²) in [5.41, 5.74) is 1.22. The van der Waals surface area contributed by atoms with E-state index in [1.54, 1.807) is 0 Å². The maximum absolute atomic E-state index is 6.18. The Kier molecular flexibility index (Phi) is 6.37. The van der Waals surface area contributed by atoms with E-state index in [9.17, 15) is 0 Å². The van der Waals surface area contributed by atoms with E-state index in [-0.39, 0.29) is 0 Å². The van der Waals surface area contributed by atoms with Gasteiger partial charge in [0.1, 0.15) is 0 Å². The summed E-state index contributed by atoms with van der Waals surface area (Å²) in [6.45, 7) is 0. The van der Waals surface area contributed by atoms with Gasteiger partial charge in [-0.05, 0) is 0 Å². The van der Waals surface area contributed by atoms with Crippen molar-refractivity contribution in [2.75, 3.05) is 0 Å². The van der Waals surface area contributed by atoms with E-state index in [4.69, 9.17) is 4.74 Å². The molecule has 0 saturated carbocycles. The predicted molar refractivity (Wildman–Crippen MR) is 151 cm³/mol. The molecular weight excluding hydrogens is 499 g/mol. The van der Waals surface area contributed by atoms with Crippen molar-refractivity contribution in [3.63, 3.8) is 0 Å². The van der Waals surface area contributed by atoms with Gasteiger partial charge in [-0.25, -0.2) is 0 Å². The fourth-order valence-corrected chi connectivity index (χ4v) is 12.3. The molecule has 0 amide bonds. The zero-order chi connectivity index (χ0) is 23.3. The van der Waals surface area contributed by atoms with Crippen LogP contribution >= 0.6 is 20.8 Å². The molecule has 0 aliphatic heterocycles. The van der Waals surface area contributed by atoms with E-state index in [0.717, 1.165) is 17.7 Å². The first kappa shape index (κ1) is 22.6. The second-order valence-electron chi connectivity index (χ2n) is 8.41. The van der Waals surface area contributed by atoms with Crippen LogP contribution in [0.15, 0.2) is 146 Å². The van der Waals surface area contributed by atoms with Gasteiger partial charge in [0.05, 0.1) is 0 Å². The molecule has 168 valence electrons. The molecule has 3 heteroatoms.